The highest BCUT2D eigenvalue weighted by atomic mass is 19.1. The van der Waals surface area contributed by atoms with E-state index in [0.717, 1.165) is 37.6 Å². The lowest BCUT2D eigenvalue weighted by atomic mass is 10.1. The summed E-state index contributed by atoms with van der Waals surface area (Å²) < 4.78 is 13.4. The normalized spacial score (nSPS) is 11.3. The van der Waals surface area contributed by atoms with E-state index in [9.17, 15) is 9.18 Å². The van der Waals surface area contributed by atoms with Crippen molar-refractivity contribution in [1.29, 1.82) is 0 Å². The van der Waals surface area contributed by atoms with Crippen LogP contribution in [0.5, 0.6) is 0 Å². The van der Waals surface area contributed by atoms with Gasteiger partial charge in [-0.15, -0.1) is 0 Å². The van der Waals surface area contributed by atoms with Crippen LogP contribution in [0.15, 0.2) is 24.3 Å². The summed E-state index contributed by atoms with van der Waals surface area (Å²) in [7, 11) is 0. The molecule has 1 aromatic carbocycles. The van der Waals surface area contributed by atoms with Crippen LogP contribution < -0.4 is 4.90 Å². The number of aliphatic carboxylic acids is 1. The fourth-order valence-electron chi connectivity index (χ4n) is 2.27. The zero-order valence-corrected chi connectivity index (χ0v) is 13.0. The van der Waals surface area contributed by atoms with Gasteiger partial charge >= 0.3 is 5.97 Å². The van der Waals surface area contributed by atoms with Gasteiger partial charge in [-0.2, -0.15) is 0 Å². The van der Waals surface area contributed by atoms with Gasteiger partial charge in [0.25, 0.3) is 0 Å². The minimum atomic E-state index is -1.03. The summed E-state index contributed by atoms with van der Waals surface area (Å²) in [5.41, 5.74) is 1.47. The molecule has 1 rings (SSSR count). The predicted octanol–water partition coefficient (Wildman–Crippen LogP) is 4.33. The Labute approximate surface area is 126 Å². The number of carbonyl (C=O) groups is 1. The molecule has 0 bridgehead atoms. The SMILES string of the molecule is CCCCCN(c1ccc(F)cc1C=CC(=O)O)C(C)C. The molecule has 21 heavy (non-hydrogen) atoms. The van der Waals surface area contributed by atoms with Crippen LogP contribution in [0, 0.1) is 5.82 Å². The van der Waals surface area contributed by atoms with Crippen LogP contribution in [-0.2, 0) is 4.79 Å². The number of rotatable bonds is 8. The third kappa shape index (κ3) is 5.58. The average molecular weight is 293 g/mol. The molecule has 0 aliphatic heterocycles. The van der Waals surface area contributed by atoms with E-state index < -0.39 is 5.97 Å². The molecule has 1 N–H and O–H groups in total. The van der Waals surface area contributed by atoms with Gasteiger partial charge in [0.15, 0.2) is 0 Å². The number of carboxylic acid groups (broad SMARTS) is 1. The molecule has 0 radical (unpaired) electrons. The van der Waals surface area contributed by atoms with E-state index in [-0.39, 0.29) is 11.9 Å². The minimum absolute atomic E-state index is 0.268. The highest BCUT2D eigenvalue weighted by Gasteiger charge is 2.14. The Morgan fingerprint density at radius 1 is 1.38 bits per heavy atom. The summed E-state index contributed by atoms with van der Waals surface area (Å²) in [6.07, 6.45) is 5.85. The van der Waals surface area contributed by atoms with Gasteiger partial charge in [-0.05, 0) is 44.5 Å². The Kier molecular flexibility index (Phi) is 6.92. The van der Waals surface area contributed by atoms with Crippen LogP contribution in [0.3, 0.4) is 0 Å². The smallest absolute Gasteiger partial charge is 0.328 e. The third-order valence-corrected chi connectivity index (χ3v) is 3.33. The van der Waals surface area contributed by atoms with Gasteiger partial charge in [0.1, 0.15) is 5.82 Å². The summed E-state index contributed by atoms with van der Waals surface area (Å²) in [5, 5.41) is 8.76. The van der Waals surface area contributed by atoms with Gasteiger partial charge in [-0.25, -0.2) is 9.18 Å². The number of anilines is 1. The molecule has 1 aromatic rings. The lowest BCUT2D eigenvalue weighted by Crippen LogP contribution is -2.32. The summed E-state index contributed by atoms with van der Waals surface area (Å²) in [4.78, 5) is 12.9. The maximum Gasteiger partial charge on any atom is 0.328 e. The van der Waals surface area contributed by atoms with Crippen molar-refractivity contribution in [3.8, 4) is 0 Å². The van der Waals surface area contributed by atoms with Crippen molar-refractivity contribution >= 4 is 17.7 Å². The van der Waals surface area contributed by atoms with E-state index in [1.807, 2.05) is 0 Å². The molecular weight excluding hydrogens is 269 g/mol. The highest BCUT2D eigenvalue weighted by molar-refractivity contribution is 5.87. The fourth-order valence-corrected chi connectivity index (χ4v) is 2.27. The molecule has 0 heterocycles. The Balaban J connectivity index is 3.08. The zero-order chi connectivity index (χ0) is 15.8. The summed E-state index contributed by atoms with van der Waals surface area (Å²) in [5.74, 6) is -1.40. The van der Waals surface area contributed by atoms with E-state index in [2.05, 4.69) is 25.7 Å². The van der Waals surface area contributed by atoms with E-state index in [1.54, 1.807) is 6.07 Å². The summed E-state index contributed by atoms with van der Waals surface area (Å²) >= 11 is 0. The first-order valence-electron chi connectivity index (χ1n) is 7.43. The quantitative estimate of drug-likeness (QED) is 0.573. The molecule has 116 valence electrons. The number of hydrogen-bond acceptors (Lipinski definition) is 2. The number of benzene rings is 1. The number of halogens is 1. The molecule has 0 fully saturated rings. The van der Waals surface area contributed by atoms with Crippen LogP contribution in [0.1, 0.15) is 45.6 Å². The molecule has 0 spiro atoms. The third-order valence-electron chi connectivity index (χ3n) is 3.33. The topological polar surface area (TPSA) is 40.5 Å². The van der Waals surface area contributed by atoms with E-state index in [1.165, 1.54) is 18.2 Å². The average Bonchev–Trinajstić information content (AvgIpc) is 2.42. The maximum absolute atomic E-state index is 13.4. The van der Waals surface area contributed by atoms with Gasteiger partial charge < -0.3 is 10.0 Å². The van der Waals surface area contributed by atoms with E-state index >= 15 is 0 Å². The Morgan fingerprint density at radius 3 is 2.67 bits per heavy atom. The summed E-state index contributed by atoms with van der Waals surface area (Å²) in [6.45, 7) is 7.20. The molecule has 0 aromatic heterocycles. The van der Waals surface area contributed by atoms with Gasteiger partial charge in [-0.3, -0.25) is 0 Å². The van der Waals surface area contributed by atoms with Crippen molar-refractivity contribution in [2.24, 2.45) is 0 Å². The monoisotopic (exact) mass is 293 g/mol. The van der Waals surface area contributed by atoms with Crippen molar-refractivity contribution in [1.82, 2.24) is 0 Å². The van der Waals surface area contributed by atoms with Gasteiger partial charge in [0, 0.05) is 29.9 Å². The standard InChI is InChI=1S/C17H24FNO2/c1-4-5-6-11-19(13(2)3)16-9-8-15(18)12-14(16)7-10-17(20)21/h7-10,12-13H,4-6,11H2,1-3H3,(H,20,21). The maximum atomic E-state index is 13.4. The van der Waals surface area contributed by atoms with Crippen LogP contribution in [0.25, 0.3) is 6.08 Å². The Hall–Kier alpha value is -1.84. The number of carboxylic acids is 1. The molecule has 0 aliphatic carbocycles. The van der Waals surface area contributed by atoms with E-state index in [0.29, 0.717) is 5.56 Å². The fraction of sp³-hybridized carbons (Fsp3) is 0.471. The van der Waals surface area contributed by atoms with Crippen LogP contribution in [0.2, 0.25) is 0 Å². The molecular formula is C17H24FNO2. The molecule has 0 amide bonds. The minimum Gasteiger partial charge on any atom is -0.478 e. The van der Waals surface area contributed by atoms with Gasteiger partial charge in [0.2, 0.25) is 0 Å². The molecule has 0 unspecified atom stereocenters. The second-order valence-corrected chi connectivity index (χ2v) is 5.37. The zero-order valence-electron chi connectivity index (χ0n) is 13.0. The van der Waals surface area contributed by atoms with Crippen LogP contribution in [0.4, 0.5) is 10.1 Å². The summed E-state index contributed by atoms with van der Waals surface area (Å²) in [6, 6.07) is 4.79. The number of unbranched alkanes of at least 4 members (excludes halogenated alkanes) is 2. The van der Waals surface area contributed by atoms with Crippen molar-refractivity contribution < 1.29 is 14.3 Å². The number of nitrogens with zero attached hydrogens (tertiary/aromatic N) is 1. The molecule has 4 heteroatoms. The van der Waals surface area contributed by atoms with Gasteiger partial charge in [-0.1, -0.05) is 19.8 Å². The second-order valence-electron chi connectivity index (χ2n) is 5.37. The lowest BCUT2D eigenvalue weighted by molar-refractivity contribution is -0.131. The van der Waals surface area contributed by atoms with E-state index in [4.69, 9.17) is 5.11 Å². The molecule has 0 aliphatic rings. The van der Waals surface area contributed by atoms with Crippen LogP contribution >= 0.6 is 0 Å². The van der Waals surface area contributed by atoms with Crippen molar-refractivity contribution in [2.75, 3.05) is 11.4 Å². The molecule has 0 saturated carbocycles. The van der Waals surface area contributed by atoms with Gasteiger partial charge in [0.05, 0.1) is 0 Å². The number of hydrogen-bond donors (Lipinski definition) is 1. The molecule has 0 atom stereocenters. The largest absolute Gasteiger partial charge is 0.478 e. The van der Waals surface area contributed by atoms with Crippen LogP contribution in [-0.4, -0.2) is 23.7 Å². The first kappa shape index (κ1) is 17.2. The van der Waals surface area contributed by atoms with Crippen molar-refractivity contribution in [3.63, 3.8) is 0 Å². The first-order chi connectivity index (χ1) is 9.95. The Bertz CT molecular complexity index is 498. The molecule has 3 nitrogen and oxygen atoms in total. The Morgan fingerprint density at radius 2 is 2.10 bits per heavy atom. The molecule has 0 saturated heterocycles. The predicted molar refractivity (Wildman–Crippen MR) is 85.1 cm³/mol. The van der Waals surface area contributed by atoms with Crippen molar-refractivity contribution in [2.45, 2.75) is 46.1 Å². The second kappa shape index (κ2) is 8.45. The first-order valence-corrected chi connectivity index (χ1v) is 7.43. The lowest BCUT2D eigenvalue weighted by Gasteiger charge is -2.30. The highest BCUT2D eigenvalue weighted by Crippen LogP contribution is 2.25. The van der Waals surface area contributed by atoms with Crippen molar-refractivity contribution in [3.05, 3.63) is 35.7 Å².